The molecule has 2 N–H and O–H groups in total. The lowest BCUT2D eigenvalue weighted by Crippen LogP contribution is -2.43. The number of aliphatic imine (C=N–C) groups is 1. The fraction of sp³-hybridized carbons (Fsp3) is 0.429. The number of guanidine groups is 1. The van der Waals surface area contributed by atoms with Crippen molar-refractivity contribution in [2.45, 2.75) is 44.7 Å². The van der Waals surface area contributed by atoms with E-state index in [1.165, 1.54) is 32.1 Å². The summed E-state index contributed by atoms with van der Waals surface area (Å²) in [5, 5.41) is 6.87. The SMILES string of the molecule is CN=C(NCc1ccc(Oc2ccc(OC)cc2)nc1)NC1CCCCC1. The van der Waals surface area contributed by atoms with E-state index in [0.29, 0.717) is 18.5 Å². The Morgan fingerprint density at radius 3 is 2.44 bits per heavy atom. The van der Waals surface area contributed by atoms with Gasteiger partial charge in [-0.15, -0.1) is 0 Å². The van der Waals surface area contributed by atoms with E-state index in [0.717, 1.165) is 23.0 Å². The Morgan fingerprint density at radius 2 is 1.81 bits per heavy atom. The van der Waals surface area contributed by atoms with Crippen molar-refractivity contribution in [3.05, 3.63) is 48.2 Å². The highest BCUT2D eigenvalue weighted by Crippen LogP contribution is 2.22. The van der Waals surface area contributed by atoms with Crippen molar-refractivity contribution in [2.24, 2.45) is 4.99 Å². The van der Waals surface area contributed by atoms with Gasteiger partial charge in [0.25, 0.3) is 0 Å². The number of hydrogen-bond acceptors (Lipinski definition) is 4. The fourth-order valence-corrected chi connectivity index (χ4v) is 3.16. The molecule has 0 unspecified atom stereocenters. The third-order valence-corrected chi connectivity index (χ3v) is 4.71. The molecule has 6 heteroatoms. The molecule has 0 spiro atoms. The van der Waals surface area contributed by atoms with E-state index in [4.69, 9.17) is 9.47 Å². The number of hydrogen-bond donors (Lipinski definition) is 2. The molecular formula is C21H28N4O2. The zero-order valence-corrected chi connectivity index (χ0v) is 16.1. The second-order valence-electron chi connectivity index (χ2n) is 6.69. The summed E-state index contributed by atoms with van der Waals surface area (Å²) in [5.74, 6) is 2.94. The maximum absolute atomic E-state index is 5.76. The molecule has 1 aliphatic rings. The highest BCUT2D eigenvalue weighted by Gasteiger charge is 2.14. The largest absolute Gasteiger partial charge is 0.497 e. The molecule has 3 rings (SSSR count). The van der Waals surface area contributed by atoms with Gasteiger partial charge < -0.3 is 20.1 Å². The van der Waals surface area contributed by atoms with Crippen LogP contribution in [0.5, 0.6) is 17.4 Å². The normalized spacial score (nSPS) is 15.3. The molecule has 0 atom stereocenters. The summed E-state index contributed by atoms with van der Waals surface area (Å²) >= 11 is 0. The van der Waals surface area contributed by atoms with Gasteiger partial charge >= 0.3 is 0 Å². The smallest absolute Gasteiger partial charge is 0.219 e. The Bertz CT molecular complexity index is 723. The first-order chi connectivity index (χ1) is 13.3. The minimum Gasteiger partial charge on any atom is -0.497 e. The van der Waals surface area contributed by atoms with Crippen LogP contribution in [0.4, 0.5) is 0 Å². The highest BCUT2D eigenvalue weighted by molar-refractivity contribution is 5.79. The molecule has 1 saturated carbocycles. The molecule has 1 fully saturated rings. The van der Waals surface area contributed by atoms with Gasteiger partial charge in [0.2, 0.25) is 5.88 Å². The van der Waals surface area contributed by atoms with Crippen LogP contribution in [0.1, 0.15) is 37.7 Å². The van der Waals surface area contributed by atoms with Crippen molar-refractivity contribution in [1.82, 2.24) is 15.6 Å². The Hall–Kier alpha value is -2.76. The van der Waals surface area contributed by atoms with E-state index in [1.54, 1.807) is 7.11 Å². The summed E-state index contributed by atoms with van der Waals surface area (Å²) < 4.78 is 10.9. The topological polar surface area (TPSA) is 67.8 Å². The third-order valence-electron chi connectivity index (χ3n) is 4.71. The number of pyridine rings is 1. The minimum atomic E-state index is 0.531. The second kappa shape index (κ2) is 9.80. The maximum Gasteiger partial charge on any atom is 0.219 e. The van der Waals surface area contributed by atoms with E-state index in [2.05, 4.69) is 20.6 Å². The number of rotatable bonds is 6. The number of aromatic nitrogens is 1. The molecule has 0 radical (unpaired) electrons. The lowest BCUT2D eigenvalue weighted by molar-refractivity contribution is 0.410. The average Bonchev–Trinajstić information content (AvgIpc) is 2.73. The fourth-order valence-electron chi connectivity index (χ4n) is 3.16. The molecule has 6 nitrogen and oxygen atoms in total. The lowest BCUT2D eigenvalue weighted by atomic mass is 9.96. The number of ether oxygens (including phenoxy) is 2. The van der Waals surface area contributed by atoms with Gasteiger partial charge in [0, 0.05) is 31.9 Å². The summed E-state index contributed by atoms with van der Waals surface area (Å²) in [5.41, 5.74) is 1.07. The highest BCUT2D eigenvalue weighted by atomic mass is 16.5. The van der Waals surface area contributed by atoms with E-state index >= 15 is 0 Å². The van der Waals surface area contributed by atoms with Crippen LogP contribution in [-0.2, 0) is 6.54 Å². The lowest BCUT2D eigenvalue weighted by Gasteiger charge is -2.24. The Kier molecular flexibility index (Phi) is 6.90. The second-order valence-corrected chi connectivity index (χ2v) is 6.69. The molecule has 1 aromatic heterocycles. The van der Waals surface area contributed by atoms with Gasteiger partial charge in [0.1, 0.15) is 11.5 Å². The van der Waals surface area contributed by atoms with Crippen molar-refractivity contribution in [3.63, 3.8) is 0 Å². The van der Waals surface area contributed by atoms with Gasteiger partial charge in [0.05, 0.1) is 7.11 Å². The van der Waals surface area contributed by atoms with E-state index < -0.39 is 0 Å². The zero-order chi connectivity index (χ0) is 18.9. The zero-order valence-electron chi connectivity index (χ0n) is 16.1. The quantitative estimate of drug-likeness (QED) is 0.598. The first kappa shape index (κ1) is 19.0. The van der Waals surface area contributed by atoms with Crippen LogP contribution in [0.15, 0.2) is 47.6 Å². The van der Waals surface area contributed by atoms with Crippen LogP contribution in [0.2, 0.25) is 0 Å². The van der Waals surface area contributed by atoms with E-state index in [1.807, 2.05) is 49.6 Å². The minimum absolute atomic E-state index is 0.531. The standard InChI is InChI=1S/C21H28N4O2/c1-22-21(25-17-6-4-3-5-7-17)24-15-16-8-13-20(23-14-16)27-19-11-9-18(26-2)10-12-19/h8-14,17H,3-7,15H2,1-2H3,(H2,22,24,25). The average molecular weight is 368 g/mol. The molecular weight excluding hydrogens is 340 g/mol. The summed E-state index contributed by atoms with van der Waals surface area (Å²) in [6, 6.07) is 11.8. The molecule has 0 saturated heterocycles. The number of nitrogens with one attached hydrogen (secondary N) is 2. The first-order valence-corrected chi connectivity index (χ1v) is 9.51. The van der Waals surface area contributed by atoms with Crippen molar-refractivity contribution in [2.75, 3.05) is 14.2 Å². The van der Waals surface area contributed by atoms with Gasteiger partial charge in [0.15, 0.2) is 5.96 Å². The number of methoxy groups -OCH3 is 1. The van der Waals surface area contributed by atoms with Crippen molar-refractivity contribution in [1.29, 1.82) is 0 Å². The van der Waals surface area contributed by atoms with Crippen LogP contribution >= 0.6 is 0 Å². The molecule has 27 heavy (non-hydrogen) atoms. The summed E-state index contributed by atoms with van der Waals surface area (Å²) in [6.45, 7) is 0.669. The molecule has 144 valence electrons. The van der Waals surface area contributed by atoms with Gasteiger partial charge in [-0.3, -0.25) is 4.99 Å². The third kappa shape index (κ3) is 5.88. The van der Waals surface area contributed by atoms with Crippen molar-refractivity contribution < 1.29 is 9.47 Å². The Morgan fingerprint density at radius 1 is 1.07 bits per heavy atom. The van der Waals surface area contributed by atoms with Crippen molar-refractivity contribution in [3.8, 4) is 17.4 Å². The molecule has 0 amide bonds. The molecule has 1 heterocycles. The molecule has 1 aliphatic carbocycles. The monoisotopic (exact) mass is 368 g/mol. The summed E-state index contributed by atoms with van der Waals surface area (Å²) in [6.07, 6.45) is 8.21. The maximum atomic E-state index is 5.76. The summed E-state index contributed by atoms with van der Waals surface area (Å²) in [4.78, 5) is 8.71. The van der Waals surface area contributed by atoms with Crippen molar-refractivity contribution >= 4 is 5.96 Å². The predicted molar refractivity (Wildman–Crippen MR) is 108 cm³/mol. The molecule has 0 bridgehead atoms. The predicted octanol–water partition coefficient (Wildman–Crippen LogP) is 3.88. The van der Waals surface area contributed by atoms with Gasteiger partial charge in [-0.25, -0.2) is 4.98 Å². The Balaban J connectivity index is 1.49. The number of nitrogens with zero attached hydrogens (tertiary/aromatic N) is 2. The van der Waals surface area contributed by atoms with Gasteiger partial charge in [-0.2, -0.15) is 0 Å². The van der Waals surface area contributed by atoms with E-state index in [9.17, 15) is 0 Å². The Labute approximate surface area is 161 Å². The van der Waals surface area contributed by atoms with Crippen LogP contribution in [-0.4, -0.2) is 31.1 Å². The first-order valence-electron chi connectivity index (χ1n) is 9.51. The number of benzene rings is 1. The molecule has 0 aliphatic heterocycles. The molecule has 2 aromatic rings. The van der Waals surface area contributed by atoms with Crippen LogP contribution in [0, 0.1) is 0 Å². The summed E-state index contributed by atoms with van der Waals surface area (Å²) in [7, 11) is 3.45. The van der Waals surface area contributed by atoms with Crippen LogP contribution in [0.25, 0.3) is 0 Å². The van der Waals surface area contributed by atoms with E-state index in [-0.39, 0.29) is 0 Å². The molecule has 1 aromatic carbocycles. The van der Waals surface area contributed by atoms with Gasteiger partial charge in [-0.05, 0) is 42.7 Å². The van der Waals surface area contributed by atoms with Crippen LogP contribution < -0.4 is 20.1 Å². The van der Waals surface area contributed by atoms with Crippen LogP contribution in [0.3, 0.4) is 0 Å². The van der Waals surface area contributed by atoms with Gasteiger partial charge in [-0.1, -0.05) is 25.3 Å².